The Morgan fingerprint density at radius 1 is 1.08 bits per heavy atom. The van der Waals surface area contributed by atoms with Crippen LogP contribution in [0.2, 0.25) is 5.31 Å². The third kappa shape index (κ3) is 5.29. The van der Waals surface area contributed by atoms with E-state index < -0.39 is 0 Å². The lowest BCUT2D eigenvalue weighted by molar-refractivity contribution is 0.438. The minimum absolute atomic E-state index is 0.619. The molecule has 0 bridgehead atoms. The molecular weight excluding hydrogens is 270 g/mol. The van der Waals surface area contributed by atoms with Gasteiger partial charge in [0.1, 0.15) is 7.85 Å². The van der Waals surface area contributed by atoms with Crippen molar-refractivity contribution in [3.8, 4) is 0 Å². The van der Waals surface area contributed by atoms with Crippen LogP contribution in [0.15, 0.2) is 0 Å². The number of alkyl halides is 1. The van der Waals surface area contributed by atoms with Gasteiger partial charge in [-0.25, -0.2) is 0 Å². The normalized spacial score (nSPS) is 38.5. The summed E-state index contributed by atoms with van der Waals surface area (Å²) < 4.78 is 0.950. The van der Waals surface area contributed by atoms with E-state index in [0.29, 0.717) is 5.31 Å². The Kier molecular flexibility index (Phi) is 5.13. The molecule has 1 rings (SSSR count). The van der Waals surface area contributed by atoms with Crippen molar-refractivity contribution in [1.29, 1.82) is 0 Å². The fourth-order valence-corrected chi connectivity index (χ4v) is 3.10. The van der Waals surface area contributed by atoms with Crippen LogP contribution < -0.4 is 0 Å². The minimum atomic E-state index is 0.619. The molecule has 0 saturated heterocycles. The number of hydrogen-bond donors (Lipinski definition) is 0. The summed E-state index contributed by atoms with van der Waals surface area (Å²) in [5.41, 5.74) is 0. The monoisotopic (exact) mass is 292 g/mol. The summed E-state index contributed by atoms with van der Waals surface area (Å²) in [5, 5.41) is 0.619. The first-order valence-electron chi connectivity index (χ1n) is 5.74. The minimum Gasteiger partial charge on any atom is -0.0826 e. The number of rotatable bonds is 0. The molecule has 1 saturated carbocycles. The van der Waals surface area contributed by atoms with Crippen molar-refractivity contribution in [2.24, 2.45) is 0 Å². The summed E-state index contributed by atoms with van der Waals surface area (Å²) in [7, 11) is 2.44. The lowest BCUT2D eigenvalue weighted by Crippen LogP contribution is -2.11. The SMILES string of the molecule is BC1(C)CCCCCC(I)CCC1. The molecule has 1 aliphatic rings. The van der Waals surface area contributed by atoms with Crippen LogP contribution in [0.1, 0.15) is 58.3 Å². The Morgan fingerprint density at radius 2 is 1.69 bits per heavy atom. The fourth-order valence-electron chi connectivity index (χ4n) is 2.22. The van der Waals surface area contributed by atoms with E-state index >= 15 is 0 Å². The largest absolute Gasteiger partial charge is 0.109 e. The van der Waals surface area contributed by atoms with Gasteiger partial charge in [0.05, 0.1) is 0 Å². The second kappa shape index (κ2) is 5.62. The standard InChI is InChI=1S/C11H22BI/c1-11(12)8-4-2-3-6-10(13)7-5-9-11/h10H,2-9,12H2,1H3. The highest BCUT2D eigenvalue weighted by atomic mass is 127. The molecule has 0 aliphatic heterocycles. The highest BCUT2D eigenvalue weighted by Gasteiger charge is 2.18. The van der Waals surface area contributed by atoms with Gasteiger partial charge in [0.25, 0.3) is 0 Å². The van der Waals surface area contributed by atoms with Crippen LogP contribution in [0.5, 0.6) is 0 Å². The van der Waals surface area contributed by atoms with Gasteiger partial charge < -0.3 is 0 Å². The molecule has 0 aromatic carbocycles. The van der Waals surface area contributed by atoms with Crippen LogP contribution in [-0.4, -0.2) is 11.8 Å². The molecule has 0 aromatic rings. The third-order valence-electron chi connectivity index (χ3n) is 3.24. The Morgan fingerprint density at radius 3 is 2.46 bits per heavy atom. The van der Waals surface area contributed by atoms with E-state index in [9.17, 15) is 0 Å². The first-order valence-corrected chi connectivity index (χ1v) is 6.99. The zero-order valence-electron chi connectivity index (χ0n) is 9.11. The summed E-state index contributed by atoms with van der Waals surface area (Å²) in [6.45, 7) is 2.44. The molecule has 1 fully saturated rings. The molecule has 0 spiro atoms. The second-order valence-electron chi connectivity index (χ2n) is 5.25. The van der Waals surface area contributed by atoms with Gasteiger partial charge in [0.15, 0.2) is 0 Å². The Bertz CT molecular complexity index is 145. The van der Waals surface area contributed by atoms with Crippen molar-refractivity contribution < 1.29 is 0 Å². The zero-order chi connectivity index (χ0) is 9.73. The molecule has 0 nitrogen and oxygen atoms in total. The number of hydrogen-bond acceptors (Lipinski definition) is 0. The lowest BCUT2D eigenvalue weighted by atomic mass is 9.64. The highest BCUT2D eigenvalue weighted by Crippen LogP contribution is 2.36. The van der Waals surface area contributed by atoms with Gasteiger partial charge in [-0.15, -0.1) is 0 Å². The number of halogens is 1. The van der Waals surface area contributed by atoms with E-state index in [1.54, 1.807) is 0 Å². The van der Waals surface area contributed by atoms with Crippen LogP contribution in [0.4, 0.5) is 0 Å². The molecular formula is C11H22BI. The fraction of sp³-hybridized carbons (Fsp3) is 1.00. The van der Waals surface area contributed by atoms with Crippen molar-refractivity contribution in [3.63, 3.8) is 0 Å². The third-order valence-corrected chi connectivity index (χ3v) is 4.49. The van der Waals surface area contributed by atoms with Gasteiger partial charge >= 0.3 is 0 Å². The van der Waals surface area contributed by atoms with Crippen molar-refractivity contribution in [2.45, 2.75) is 67.5 Å². The smallest absolute Gasteiger partial charge is 0.0826 e. The van der Waals surface area contributed by atoms with E-state index in [2.05, 4.69) is 37.4 Å². The van der Waals surface area contributed by atoms with E-state index in [1.807, 2.05) is 0 Å². The molecule has 0 aromatic heterocycles. The average Bonchev–Trinajstić information content (AvgIpc) is 2.02. The molecule has 0 N–H and O–H groups in total. The summed E-state index contributed by atoms with van der Waals surface area (Å²) in [4.78, 5) is 0. The first kappa shape index (κ1) is 11.9. The van der Waals surface area contributed by atoms with Crippen LogP contribution in [-0.2, 0) is 0 Å². The topological polar surface area (TPSA) is 0 Å². The summed E-state index contributed by atoms with van der Waals surface area (Å²) in [6, 6.07) is 0. The summed E-state index contributed by atoms with van der Waals surface area (Å²) in [6.07, 6.45) is 11.6. The maximum absolute atomic E-state index is 2.64. The van der Waals surface area contributed by atoms with Crippen molar-refractivity contribution >= 4 is 30.4 Å². The molecule has 0 radical (unpaired) electrons. The molecule has 1 aliphatic carbocycles. The average molecular weight is 292 g/mol. The Labute approximate surface area is 97.8 Å². The maximum atomic E-state index is 2.64. The summed E-state index contributed by atoms with van der Waals surface area (Å²) in [5.74, 6) is 0. The maximum Gasteiger partial charge on any atom is 0.109 e. The van der Waals surface area contributed by atoms with E-state index in [1.165, 1.54) is 51.4 Å². The molecule has 76 valence electrons. The van der Waals surface area contributed by atoms with Gasteiger partial charge in [-0.3, -0.25) is 0 Å². The van der Waals surface area contributed by atoms with Gasteiger partial charge in [-0.1, -0.05) is 73.4 Å². The van der Waals surface area contributed by atoms with E-state index in [-0.39, 0.29) is 0 Å². The van der Waals surface area contributed by atoms with E-state index in [4.69, 9.17) is 0 Å². The van der Waals surface area contributed by atoms with Gasteiger partial charge in [-0.2, -0.15) is 0 Å². The predicted molar refractivity (Wildman–Crippen MR) is 71.7 cm³/mol. The molecule has 13 heavy (non-hydrogen) atoms. The molecule has 0 heterocycles. The lowest BCUT2D eigenvalue weighted by Gasteiger charge is -2.26. The van der Waals surface area contributed by atoms with Crippen LogP contribution in [0, 0.1) is 0 Å². The zero-order valence-corrected chi connectivity index (χ0v) is 11.3. The molecule has 2 heteroatoms. The highest BCUT2D eigenvalue weighted by molar-refractivity contribution is 14.1. The molecule has 0 amide bonds. The Hall–Kier alpha value is 0.795. The van der Waals surface area contributed by atoms with Crippen LogP contribution in [0.3, 0.4) is 0 Å². The Balaban J connectivity index is 2.35. The van der Waals surface area contributed by atoms with Crippen LogP contribution in [0.25, 0.3) is 0 Å². The molecule has 2 unspecified atom stereocenters. The second-order valence-corrected chi connectivity index (χ2v) is 7.01. The molecule has 2 atom stereocenters. The quantitative estimate of drug-likeness (QED) is 0.362. The van der Waals surface area contributed by atoms with Gasteiger partial charge in [0.2, 0.25) is 0 Å². The predicted octanol–water partition coefficient (Wildman–Crippen LogP) is 3.74. The van der Waals surface area contributed by atoms with Gasteiger partial charge in [0, 0.05) is 3.92 Å². The summed E-state index contributed by atoms with van der Waals surface area (Å²) >= 11 is 2.64. The van der Waals surface area contributed by atoms with Crippen molar-refractivity contribution in [3.05, 3.63) is 0 Å². The first-order chi connectivity index (χ1) is 6.10. The van der Waals surface area contributed by atoms with Crippen molar-refractivity contribution in [2.75, 3.05) is 0 Å². The van der Waals surface area contributed by atoms with E-state index in [0.717, 1.165) is 3.92 Å². The van der Waals surface area contributed by atoms with Gasteiger partial charge in [-0.05, 0) is 12.8 Å². The van der Waals surface area contributed by atoms with Crippen LogP contribution >= 0.6 is 22.6 Å². The van der Waals surface area contributed by atoms with Crippen molar-refractivity contribution in [1.82, 2.24) is 0 Å².